The molecule has 0 bridgehead atoms. The summed E-state index contributed by atoms with van der Waals surface area (Å²) in [5.74, 6) is -3.21. The SMILES string of the molecule is CC(CS(=O)(=O)C(C)C(=O)NC1CCCCC1)C(=O)O. The van der Waals surface area contributed by atoms with Gasteiger partial charge >= 0.3 is 5.97 Å². The van der Waals surface area contributed by atoms with E-state index in [0.717, 1.165) is 32.1 Å². The third-order valence-corrected chi connectivity index (χ3v) is 6.02. The lowest BCUT2D eigenvalue weighted by molar-refractivity contribution is -0.140. The minimum Gasteiger partial charge on any atom is -0.481 e. The van der Waals surface area contributed by atoms with Crippen LogP contribution in [0.1, 0.15) is 46.0 Å². The lowest BCUT2D eigenvalue weighted by Crippen LogP contribution is -2.45. The molecule has 7 heteroatoms. The Bertz CT molecular complexity index is 453. The lowest BCUT2D eigenvalue weighted by Gasteiger charge is -2.24. The van der Waals surface area contributed by atoms with Crippen LogP contribution in [0.2, 0.25) is 0 Å². The van der Waals surface area contributed by atoms with Gasteiger partial charge in [0.15, 0.2) is 9.84 Å². The molecule has 0 aromatic heterocycles. The number of hydrogen-bond donors (Lipinski definition) is 2. The molecule has 0 aromatic carbocycles. The van der Waals surface area contributed by atoms with E-state index in [9.17, 15) is 18.0 Å². The van der Waals surface area contributed by atoms with Gasteiger partial charge in [-0.2, -0.15) is 0 Å². The summed E-state index contributed by atoms with van der Waals surface area (Å²) in [6.45, 7) is 2.65. The highest BCUT2D eigenvalue weighted by atomic mass is 32.2. The largest absolute Gasteiger partial charge is 0.481 e. The second kappa shape index (κ2) is 7.06. The fourth-order valence-electron chi connectivity index (χ4n) is 2.29. The van der Waals surface area contributed by atoms with Crippen molar-refractivity contribution in [1.82, 2.24) is 5.32 Å². The average Bonchev–Trinajstić information content (AvgIpc) is 2.38. The van der Waals surface area contributed by atoms with Crippen molar-refractivity contribution in [3.8, 4) is 0 Å². The molecule has 0 aromatic rings. The molecule has 0 saturated heterocycles. The molecule has 0 aliphatic heterocycles. The number of carbonyl (C=O) groups excluding carboxylic acids is 1. The second-order valence-electron chi connectivity index (χ2n) is 5.55. The normalized spacial score (nSPS) is 20.1. The number of hydrogen-bond acceptors (Lipinski definition) is 4. The quantitative estimate of drug-likeness (QED) is 0.761. The zero-order chi connectivity index (χ0) is 15.3. The maximum Gasteiger partial charge on any atom is 0.307 e. The third kappa shape index (κ3) is 4.77. The molecule has 1 aliphatic rings. The Balaban J connectivity index is 2.60. The summed E-state index contributed by atoms with van der Waals surface area (Å²) in [4.78, 5) is 22.7. The van der Waals surface area contributed by atoms with Crippen LogP contribution in [0.15, 0.2) is 0 Å². The summed E-state index contributed by atoms with van der Waals surface area (Å²) in [6, 6.07) is 0.0470. The summed E-state index contributed by atoms with van der Waals surface area (Å²) in [6.07, 6.45) is 4.99. The Hall–Kier alpha value is -1.11. The number of aliphatic carboxylic acids is 1. The predicted octanol–water partition coefficient (Wildman–Crippen LogP) is 0.959. The molecule has 116 valence electrons. The van der Waals surface area contributed by atoms with E-state index < -0.39 is 38.6 Å². The van der Waals surface area contributed by atoms with Crippen molar-refractivity contribution in [2.24, 2.45) is 5.92 Å². The van der Waals surface area contributed by atoms with Crippen molar-refractivity contribution in [2.75, 3.05) is 5.75 Å². The average molecular weight is 305 g/mol. The van der Waals surface area contributed by atoms with Crippen molar-refractivity contribution in [1.29, 1.82) is 0 Å². The number of amides is 1. The van der Waals surface area contributed by atoms with E-state index in [1.165, 1.54) is 13.8 Å². The Morgan fingerprint density at radius 1 is 1.20 bits per heavy atom. The molecule has 2 N–H and O–H groups in total. The lowest BCUT2D eigenvalue weighted by atomic mass is 9.95. The summed E-state index contributed by atoms with van der Waals surface area (Å²) >= 11 is 0. The second-order valence-corrected chi connectivity index (χ2v) is 7.92. The van der Waals surface area contributed by atoms with E-state index in [2.05, 4.69) is 5.32 Å². The molecule has 20 heavy (non-hydrogen) atoms. The van der Waals surface area contributed by atoms with Crippen molar-refractivity contribution >= 4 is 21.7 Å². The van der Waals surface area contributed by atoms with Gasteiger partial charge in [0, 0.05) is 6.04 Å². The van der Waals surface area contributed by atoms with E-state index in [1.807, 2.05) is 0 Å². The molecule has 6 nitrogen and oxygen atoms in total. The molecule has 1 fully saturated rings. The van der Waals surface area contributed by atoms with Crippen LogP contribution < -0.4 is 5.32 Å². The third-order valence-electron chi connectivity index (χ3n) is 3.76. The van der Waals surface area contributed by atoms with Crippen LogP contribution in [0.3, 0.4) is 0 Å². The maximum atomic E-state index is 12.0. The first-order valence-corrected chi connectivity index (χ1v) is 8.70. The van der Waals surface area contributed by atoms with Crippen molar-refractivity contribution in [3.05, 3.63) is 0 Å². The molecule has 0 heterocycles. The van der Waals surface area contributed by atoms with Crippen LogP contribution in [-0.4, -0.2) is 42.4 Å². The number of rotatable bonds is 6. The Morgan fingerprint density at radius 3 is 2.25 bits per heavy atom. The van der Waals surface area contributed by atoms with E-state index in [4.69, 9.17) is 5.11 Å². The zero-order valence-electron chi connectivity index (χ0n) is 12.0. The van der Waals surface area contributed by atoms with Gasteiger partial charge in [-0.15, -0.1) is 0 Å². The van der Waals surface area contributed by atoms with Crippen LogP contribution in [0.25, 0.3) is 0 Å². The number of sulfone groups is 1. The predicted molar refractivity (Wildman–Crippen MR) is 75.1 cm³/mol. The number of carboxylic acid groups (broad SMARTS) is 1. The Kier molecular flexibility index (Phi) is 5.98. The first-order valence-electron chi connectivity index (χ1n) is 6.99. The fourth-order valence-corrected chi connectivity index (χ4v) is 3.82. The van der Waals surface area contributed by atoms with Crippen LogP contribution in [0.4, 0.5) is 0 Å². The summed E-state index contributed by atoms with van der Waals surface area (Å²) in [7, 11) is -3.75. The van der Waals surface area contributed by atoms with Crippen molar-refractivity contribution in [3.63, 3.8) is 0 Å². The Labute approximate surface area is 119 Å². The van der Waals surface area contributed by atoms with Gasteiger partial charge in [-0.1, -0.05) is 26.2 Å². The molecule has 0 spiro atoms. The van der Waals surface area contributed by atoms with E-state index in [-0.39, 0.29) is 6.04 Å². The standard InChI is InChI=1S/C13H23NO5S/c1-9(13(16)17)8-20(18,19)10(2)12(15)14-11-6-4-3-5-7-11/h9-11H,3-8H2,1-2H3,(H,14,15)(H,16,17). The number of carbonyl (C=O) groups is 2. The monoisotopic (exact) mass is 305 g/mol. The van der Waals surface area contributed by atoms with Crippen LogP contribution in [0.5, 0.6) is 0 Å². The van der Waals surface area contributed by atoms with E-state index in [0.29, 0.717) is 0 Å². The first kappa shape index (κ1) is 16.9. The Morgan fingerprint density at radius 2 is 1.75 bits per heavy atom. The topological polar surface area (TPSA) is 101 Å². The molecular weight excluding hydrogens is 282 g/mol. The molecule has 2 atom stereocenters. The molecule has 0 radical (unpaired) electrons. The highest BCUT2D eigenvalue weighted by Crippen LogP contribution is 2.18. The van der Waals surface area contributed by atoms with Gasteiger partial charge < -0.3 is 10.4 Å². The fraction of sp³-hybridized carbons (Fsp3) is 0.846. The van der Waals surface area contributed by atoms with Gasteiger partial charge in [0.05, 0.1) is 11.7 Å². The number of nitrogens with one attached hydrogen (secondary N) is 1. The molecular formula is C13H23NO5S. The van der Waals surface area contributed by atoms with Crippen LogP contribution >= 0.6 is 0 Å². The minimum atomic E-state index is -3.75. The minimum absolute atomic E-state index is 0.0470. The van der Waals surface area contributed by atoms with Gasteiger partial charge in [-0.25, -0.2) is 8.42 Å². The molecule has 1 aliphatic carbocycles. The number of carboxylic acids is 1. The van der Waals surface area contributed by atoms with Gasteiger partial charge in [0.2, 0.25) is 5.91 Å². The van der Waals surface area contributed by atoms with Gasteiger partial charge in [0.1, 0.15) is 5.25 Å². The summed E-state index contributed by atoms with van der Waals surface area (Å²) in [5, 5.41) is 10.3. The molecule has 2 unspecified atom stereocenters. The van der Waals surface area contributed by atoms with E-state index in [1.54, 1.807) is 0 Å². The van der Waals surface area contributed by atoms with Gasteiger partial charge in [-0.05, 0) is 19.8 Å². The maximum absolute atomic E-state index is 12.0. The van der Waals surface area contributed by atoms with Gasteiger partial charge in [0.25, 0.3) is 0 Å². The molecule has 1 amide bonds. The highest BCUT2D eigenvalue weighted by Gasteiger charge is 2.32. The molecule has 1 saturated carbocycles. The van der Waals surface area contributed by atoms with Crippen molar-refractivity contribution in [2.45, 2.75) is 57.2 Å². The highest BCUT2D eigenvalue weighted by molar-refractivity contribution is 7.92. The summed E-state index contributed by atoms with van der Waals surface area (Å²) in [5.41, 5.74) is 0. The van der Waals surface area contributed by atoms with E-state index >= 15 is 0 Å². The zero-order valence-corrected chi connectivity index (χ0v) is 12.8. The van der Waals surface area contributed by atoms with Crippen molar-refractivity contribution < 1.29 is 23.1 Å². The van der Waals surface area contributed by atoms with Crippen LogP contribution in [-0.2, 0) is 19.4 Å². The molecule has 1 rings (SSSR count). The summed E-state index contributed by atoms with van der Waals surface area (Å²) < 4.78 is 24.0. The first-order chi connectivity index (χ1) is 9.24. The van der Waals surface area contributed by atoms with Crippen LogP contribution in [0, 0.1) is 5.92 Å². The smallest absolute Gasteiger partial charge is 0.307 e. The van der Waals surface area contributed by atoms with Gasteiger partial charge in [-0.3, -0.25) is 9.59 Å².